The van der Waals surface area contributed by atoms with Crippen LogP contribution in [0, 0.1) is 12.7 Å². The van der Waals surface area contributed by atoms with Crippen LogP contribution in [0.4, 0.5) is 4.39 Å². The molecule has 0 saturated carbocycles. The number of hydrogen-bond acceptors (Lipinski definition) is 4. The number of halogens is 1. The normalized spacial score (nSPS) is 11.6. The van der Waals surface area contributed by atoms with Crippen molar-refractivity contribution in [1.29, 1.82) is 0 Å². The maximum atomic E-state index is 13.0. The average Bonchev–Trinajstić information content (AvgIpc) is 2.33. The van der Waals surface area contributed by atoms with E-state index in [-0.39, 0.29) is 6.54 Å². The highest BCUT2D eigenvalue weighted by Crippen LogP contribution is 2.11. The largest absolute Gasteiger partial charge is 0.328 e. The molecule has 7 nitrogen and oxygen atoms in total. The molecule has 0 aliphatic rings. The van der Waals surface area contributed by atoms with Gasteiger partial charge in [-0.15, -0.1) is 0 Å². The average molecular weight is 313 g/mol. The van der Waals surface area contributed by atoms with E-state index in [9.17, 15) is 22.4 Å². The fraction of sp³-hybridized carbons (Fsp3) is 0.167. The van der Waals surface area contributed by atoms with Crippen molar-refractivity contribution in [1.82, 2.24) is 9.55 Å². The zero-order valence-electron chi connectivity index (χ0n) is 11.0. The van der Waals surface area contributed by atoms with Crippen molar-refractivity contribution < 1.29 is 12.8 Å². The molecule has 0 unspecified atom stereocenters. The van der Waals surface area contributed by atoms with Crippen LogP contribution in [-0.2, 0) is 16.6 Å². The number of primary sulfonamides is 1. The Hall–Kier alpha value is -2.26. The molecule has 1 heterocycles. The van der Waals surface area contributed by atoms with Crippen molar-refractivity contribution >= 4 is 10.0 Å². The summed E-state index contributed by atoms with van der Waals surface area (Å²) in [5.41, 5.74) is -0.665. The molecule has 0 amide bonds. The van der Waals surface area contributed by atoms with Crippen LogP contribution in [0.25, 0.3) is 0 Å². The second-order valence-electron chi connectivity index (χ2n) is 4.50. The lowest BCUT2D eigenvalue weighted by atomic mass is 10.1. The third-order valence-corrected chi connectivity index (χ3v) is 3.83. The lowest BCUT2D eigenvalue weighted by Gasteiger charge is -2.09. The monoisotopic (exact) mass is 313 g/mol. The van der Waals surface area contributed by atoms with Crippen molar-refractivity contribution in [2.75, 3.05) is 0 Å². The van der Waals surface area contributed by atoms with Gasteiger partial charge in [-0.05, 0) is 30.2 Å². The van der Waals surface area contributed by atoms with Crippen LogP contribution < -0.4 is 16.4 Å². The molecule has 0 spiro atoms. The van der Waals surface area contributed by atoms with Crippen LogP contribution in [0.5, 0.6) is 0 Å². The van der Waals surface area contributed by atoms with Crippen LogP contribution in [0.15, 0.2) is 38.9 Å². The summed E-state index contributed by atoms with van der Waals surface area (Å²) in [7, 11) is -4.25. The molecule has 0 aliphatic carbocycles. The van der Waals surface area contributed by atoms with Gasteiger partial charge in [0.15, 0.2) is 4.90 Å². The van der Waals surface area contributed by atoms with Crippen molar-refractivity contribution in [3.05, 3.63) is 62.2 Å². The Bertz CT molecular complexity index is 915. The van der Waals surface area contributed by atoms with Gasteiger partial charge in [-0.2, -0.15) is 0 Å². The van der Waals surface area contributed by atoms with Gasteiger partial charge in [0.05, 0.1) is 6.54 Å². The van der Waals surface area contributed by atoms with Crippen molar-refractivity contribution in [2.45, 2.75) is 18.4 Å². The Morgan fingerprint density at radius 1 is 1.33 bits per heavy atom. The van der Waals surface area contributed by atoms with Crippen molar-refractivity contribution in [3.8, 4) is 0 Å². The molecule has 3 N–H and O–H groups in total. The molecular formula is C12H12FN3O4S. The molecule has 0 aliphatic heterocycles. The van der Waals surface area contributed by atoms with Gasteiger partial charge in [0.25, 0.3) is 5.56 Å². The topological polar surface area (TPSA) is 115 Å². The minimum Gasteiger partial charge on any atom is -0.295 e. The lowest BCUT2D eigenvalue weighted by Crippen LogP contribution is -2.35. The second kappa shape index (κ2) is 5.26. The Labute approximate surface area is 118 Å². The van der Waals surface area contributed by atoms with E-state index in [1.54, 1.807) is 6.92 Å². The van der Waals surface area contributed by atoms with E-state index in [0.29, 0.717) is 11.1 Å². The highest BCUT2D eigenvalue weighted by Gasteiger charge is 2.15. The van der Waals surface area contributed by atoms with Gasteiger partial charge in [0.2, 0.25) is 10.0 Å². The number of rotatable bonds is 3. The van der Waals surface area contributed by atoms with E-state index in [1.807, 2.05) is 4.98 Å². The maximum Gasteiger partial charge on any atom is 0.328 e. The zero-order valence-corrected chi connectivity index (χ0v) is 11.8. The minimum atomic E-state index is -4.25. The highest BCUT2D eigenvalue weighted by molar-refractivity contribution is 7.89. The first-order chi connectivity index (χ1) is 9.68. The summed E-state index contributed by atoms with van der Waals surface area (Å²) in [6.07, 6.45) is 0.874. The first kappa shape index (κ1) is 15.1. The number of aromatic amines is 1. The number of aryl methyl sites for hydroxylation is 1. The van der Waals surface area contributed by atoms with Crippen LogP contribution >= 0.6 is 0 Å². The van der Waals surface area contributed by atoms with E-state index < -0.39 is 32.0 Å². The number of hydrogen-bond donors (Lipinski definition) is 2. The summed E-state index contributed by atoms with van der Waals surface area (Å²) in [5, 5.41) is 4.91. The summed E-state index contributed by atoms with van der Waals surface area (Å²) in [4.78, 5) is 24.3. The molecule has 112 valence electrons. The first-order valence-electron chi connectivity index (χ1n) is 5.80. The number of benzene rings is 1. The number of nitrogens with one attached hydrogen (secondary N) is 1. The second-order valence-corrected chi connectivity index (χ2v) is 6.03. The van der Waals surface area contributed by atoms with Crippen LogP contribution in [0.2, 0.25) is 0 Å². The molecule has 1 aromatic heterocycles. The molecule has 2 rings (SSSR count). The van der Waals surface area contributed by atoms with Crippen LogP contribution in [0.3, 0.4) is 0 Å². The summed E-state index contributed by atoms with van der Waals surface area (Å²) in [6, 6.07) is 3.98. The predicted octanol–water partition coefficient (Wildman–Crippen LogP) is -0.320. The van der Waals surface area contributed by atoms with E-state index >= 15 is 0 Å². The first-order valence-corrected chi connectivity index (χ1v) is 7.35. The van der Waals surface area contributed by atoms with Crippen molar-refractivity contribution in [3.63, 3.8) is 0 Å². The van der Waals surface area contributed by atoms with Gasteiger partial charge in [0.1, 0.15) is 5.82 Å². The summed E-state index contributed by atoms with van der Waals surface area (Å²) in [5.74, 6) is -0.421. The van der Waals surface area contributed by atoms with Gasteiger partial charge in [-0.25, -0.2) is 22.7 Å². The van der Waals surface area contributed by atoms with E-state index in [0.717, 1.165) is 10.8 Å². The third kappa shape index (κ3) is 3.26. The molecule has 0 radical (unpaired) electrons. The predicted molar refractivity (Wildman–Crippen MR) is 72.9 cm³/mol. The molecule has 0 bridgehead atoms. The summed E-state index contributed by atoms with van der Waals surface area (Å²) < 4.78 is 36.6. The number of sulfonamides is 1. The molecule has 2 aromatic rings. The molecule has 21 heavy (non-hydrogen) atoms. The standard InChI is InChI=1S/C12H12FN3O4S/c1-7-4-9(13)3-2-8(7)5-16-6-10(21(14,19)20)11(17)15-12(16)18/h2-4,6H,5H2,1H3,(H2,14,19,20)(H,15,17,18). The Balaban J connectivity index is 2.55. The molecule has 0 saturated heterocycles. The number of H-pyrrole nitrogens is 1. The Morgan fingerprint density at radius 2 is 2.00 bits per heavy atom. The fourth-order valence-corrected chi connectivity index (χ4v) is 2.41. The van der Waals surface area contributed by atoms with Crippen LogP contribution in [0.1, 0.15) is 11.1 Å². The molecule has 0 atom stereocenters. The molecule has 1 aromatic carbocycles. The fourth-order valence-electron chi connectivity index (χ4n) is 1.83. The maximum absolute atomic E-state index is 13.0. The Morgan fingerprint density at radius 3 is 2.57 bits per heavy atom. The minimum absolute atomic E-state index is 0.0236. The van der Waals surface area contributed by atoms with E-state index in [2.05, 4.69) is 0 Å². The number of nitrogens with two attached hydrogens (primary N) is 1. The van der Waals surface area contributed by atoms with E-state index in [4.69, 9.17) is 5.14 Å². The van der Waals surface area contributed by atoms with Gasteiger partial charge < -0.3 is 0 Å². The number of nitrogens with zero attached hydrogens (tertiary/aromatic N) is 1. The smallest absolute Gasteiger partial charge is 0.295 e. The van der Waals surface area contributed by atoms with Gasteiger partial charge in [-0.3, -0.25) is 14.3 Å². The van der Waals surface area contributed by atoms with Crippen LogP contribution in [-0.4, -0.2) is 18.0 Å². The quantitative estimate of drug-likeness (QED) is 0.808. The lowest BCUT2D eigenvalue weighted by molar-refractivity contribution is 0.591. The SMILES string of the molecule is Cc1cc(F)ccc1Cn1cc(S(N)(=O)=O)c(=O)[nH]c1=O. The van der Waals surface area contributed by atoms with Crippen molar-refractivity contribution in [2.24, 2.45) is 5.14 Å². The molecular weight excluding hydrogens is 301 g/mol. The third-order valence-electron chi connectivity index (χ3n) is 2.93. The zero-order chi connectivity index (χ0) is 15.8. The Kier molecular flexibility index (Phi) is 3.79. The van der Waals surface area contributed by atoms with Gasteiger partial charge >= 0.3 is 5.69 Å². The molecule has 9 heteroatoms. The van der Waals surface area contributed by atoms with Gasteiger partial charge in [0, 0.05) is 6.20 Å². The van der Waals surface area contributed by atoms with Gasteiger partial charge in [-0.1, -0.05) is 6.07 Å². The van der Waals surface area contributed by atoms with E-state index in [1.165, 1.54) is 18.2 Å². The number of aromatic nitrogens is 2. The summed E-state index contributed by atoms with van der Waals surface area (Å²) >= 11 is 0. The molecule has 0 fully saturated rings. The highest BCUT2D eigenvalue weighted by atomic mass is 32.2. The summed E-state index contributed by atoms with van der Waals surface area (Å²) in [6.45, 7) is 1.62.